The molecule has 2 aromatic carbocycles. The number of amides is 2. The molecule has 0 aliphatic rings. The summed E-state index contributed by atoms with van der Waals surface area (Å²) in [5.74, 6) is -0.347. The number of ether oxygens (including phenoxy) is 2. The maximum absolute atomic E-state index is 13.8. The zero-order valence-corrected chi connectivity index (χ0v) is 21.2. The molecule has 1 heterocycles. The van der Waals surface area contributed by atoms with Crippen LogP contribution in [0.4, 0.5) is 9.18 Å². The van der Waals surface area contributed by atoms with Gasteiger partial charge in [0.25, 0.3) is 11.5 Å². The van der Waals surface area contributed by atoms with Crippen LogP contribution in [0.25, 0.3) is 5.69 Å². The highest BCUT2D eigenvalue weighted by atomic mass is 79.9. The van der Waals surface area contributed by atoms with E-state index in [1.165, 1.54) is 36.9 Å². The molecule has 0 saturated heterocycles. The van der Waals surface area contributed by atoms with E-state index < -0.39 is 17.5 Å². The highest BCUT2D eigenvalue weighted by Gasteiger charge is 2.18. The number of aryl methyl sites for hydroxylation is 2. The van der Waals surface area contributed by atoms with Gasteiger partial charge in [-0.2, -0.15) is 4.98 Å². The van der Waals surface area contributed by atoms with Crippen LogP contribution < -0.4 is 20.9 Å². The molecule has 3 aromatic rings. The summed E-state index contributed by atoms with van der Waals surface area (Å²) in [6, 6.07) is 9.13. The van der Waals surface area contributed by atoms with Gasteiger partial charge in [-0.15, -0.1) is 0 Å². The van der Waals surface area contributed by atoms with E-state index in [0.29, 0.717) is 28.2 Å². The van der Waals surface area contributed by atoms with Gasteiger partial charge in [0.1, 0.15) is 22.7 Å². The maximum Gasteiger partial charge on any atom is 0.407 e. The van der Waals surface area contributed by atoms with Crippen molar-refractivity contribution in [1.29, 1.82) is 0 Å². The molecule has 3 rings (SSSR count). The number of halogens is 2. The van der Waals surface area contributed by atoms with Gasteiger partial charge in [-0.25, -0.2) is 9.18 Å². The van der Waals surface area contributed by atoms with Crippen molar-refractivity contribution in [2.45, 2.75) is 27.0 Å². The molecule has 0 fully saturated rings. The van der Waals surface area contributed by atoms with E-state index in [9.17, 15) is 18.8 Å². The standard InChI is InChI=1S/C24H24BrFN4O5/c1-13-5-6-15(21(31)27-3)10-19(13)30-14(2)29-22(20(25)23(30)32)35-12-16-7-8-18(26)9-17(16)11-28-24(33)34-4/h5-10H,11-12H2,1-4H3,(H,27,31)(H,28,33). The first-order valence-corrected chi connectivity index (χ1v) is 11.3. The molecule has 9 nitrogen and oxygen atoms in total. The number of hydrogen-bond acceptors (Lipinski definition) is 6. The average molecular weight is 547 g/mol. The number of nitrogens with one attached hydrogen (secondary N) is 2. The average Bonchev–Trinajstić information content (AvgIpc) is 2.85. The molecule has 0 radical (unpaired) electrons. The zero-order chi connectivity index (χ0) is 25.7. The molecule has 0 spiro atoms. The normalized spacial score (nSPS) is 10.6. The smallest absolute Gasteiger partial charge is 0.407 e. The summed E-state index contributed by atoms with van der Waals surface area (Å²) in [6.07, 6.45) is -0.652. The largest absolute Gasteiger partial charge is 0.472 e. The Balaban J connectivity index is 1.92. The number of hydrogen-bond donors (Lipinski definition) is 2. The number of aromatic nitrogens is 2. The topological polar surface area (TPSA) is 112 Å². The lowest BCUT2D eigenvalue weighted by molar-refractivity contribution is 0.0963. The minimum absolute atomic E-state index is 0.0271. The fourth-order valence-electron chi connectivity index (χ4n) is 3.38. The van der Waals surface area contributed by atoms with Crippen LogP contribution in [0.5, 0.6) is 5.88 Å². The lowest BCUT2D eigenvalue weighted by Gasteiger charge is -2.16. The molecule has 0 atom stereocenters. The van der Waals surface area contributed by atoms with E-state index in [1.807, 2.05) is 6.92 Å². The second kappa shape index (κ2) is 11.1. The van der Waals surface area contributed by atoms with Crippen molar-refractivity contribution in [1.82, 2.24) is 20.2 Å². The summed E-state index contributed by atoms with van der Waals surface area (Å²) >= 11 is 3.28. The highest BCUT2D eigenvalue weighted by molar-refractivity contribution is 9.10. The quantitative estimate of drug-likeness (QED) is 0.468. The Hall–Kier alpha value is -3.73. The lowest BCUT2D eigenvalue weighted by Crippen LogP contribution is -2.25. The van der Waals surface area contributed by atoms with Crippen LogP contribution in [0, 0.1) is 19.7 Å². The van der Waals surface area contributed by atoms with Gasteiger partial charge in [0.2, 0.25) is 5.88 Å². The first kappa shape index (κ1) is 25.9. The first-order valence-electron chi connectivity index (χ1n) is 10.5. The van der Waals surface area contributed by atoms with Gasteiger partial charge in [0.15, 0.2) is 0 Å². The molecule has 2 N–H and O–H groups in total. The van der Waals surface area contributed by atoms with Crippen molar-refractivity contribution in [2.75, 3.05) is 14.2 Å². The number of carbonyl (C=O) groups is 2. The van der Waals surface area contributed by atoms with E-state index in [1.54, 1.807) is 25.1 Å². The summed E-state index contributed by atoms with van der Waals surface area (Å²) in [6.45, 7) is 3.47. The van der Waals surface area contributed by atoms with Crippen LogP contribution in [0.2, 0.25) is 0 Å². The number of alkyl carbamates (subject to hydrolysis) is 1. The van der Waals surface area contributed by atoms with Gasteiger partial charge in [-0.05, 0) is 70.7 Å². The molecule has 0 aliphatic carbocycles. The first-order chi connectivity index (χ1) is 16.7. The molecular formula is C24H24BrFN4O5. The Bertz CT molecular complexity index is 1340. The van der Waals surface area contributed by atoms with Crippen molar-refractivity contribution in [3.63, 3.8) is 0 Å². The number of nitrogens with zero attached hydrogens (tertiary/aromatic N) is 2. The molecule has 0 unspecified atom stereocenters. The molecule has 35 heavy (non-hydrogen) atoms. The van der Waals surface area contributed by atoms with E-state index in [0.717, 1.165) is 5.56 Å². The monoisotopic (exact) mass is 546 g/mol. The van der Waals surface area contributed by atoms with Crippen molar-refractivity contribution in [3.8, 4) is 11.6 Å². The fourth-order valence-corrected chi connectivity index (χ4v) is 3.76. The molecule has 0 saturated carbocycles. The fraction of sp³-hybridized carbons (Fsp3) is 0.250. The predicted octanol–water partition coefficient (Wildman–Crippen LogP) is 3.55. The van der Waals surface area contributed by atoms with Gasteiger partial charge in [-0.3, -0.25) is 14.2 Å². The van der Waals surface area contributed by atoms with Crippen LogP contribution in [-0.2, 0) is 17.9 Å². The van der Waals surface area contributed by atoms with Crippen LogP contribution in [0.1, 0.15) is 32.9 Å². The van der Waals surface area contributed by atoms with Crippen LogP contribution in [0.3, 0.4) is 0 Å². The summed E-state index contributed by atoms with van der Waals surface area (Å²) < 4.78 is 25.6. The number of carbonyl (C=O) groups excluding carboxylic acids is 2. The minimum Gasteiger partial charge on any atom is -0.472 e. The predicted molar refractivity (Wildman–Crippen MR) is 130 cm³/mol. The van der Waals surface area contributed by atoms with Gasteiger partial charge >= 0.3 is 6.09 Å². The van der Waals surface area contributed by atoms with Crippen molar-refractivity contribution >= 4 is 27.9 Å². The van der Waals surface area contributed by atoms with E-state index in [4.69, 9.17) is 4.74 Å². The van der Waals surface area contributed by atoms with Crippen LogP contribution in [-0.4, -0.2) is 35.7 Å². The third-order valence-corrected chi connectivity index (χ3v) is 5.92. The van der Waals surface area contributed by atoms with Crippen molar-refractivity contribution in [2.24, 2.45) is 0 Å². The number of rotatable bonds is 7. The second-order valence-electron chi connectivity index (χ2n) is 7.55. The van der Waals surface area contributed by atoms with Crippen LogP contribution >= 0.6 is 15.9 Å². The summed E-state index contributed by atoms with van der Waals surface area (Å²) in [5.41, 5.74) is 2.35. The maximum atomic E-state index is 13.8. The van der Waals surface area contributed by atoms with Crippen LogP contribution in [0.15, 0.2) is 45.7 Å². The highest BCUT2D eigenvalue weighted by Crippen LogP contribution is 2.24. The molecule has 11 heteroatoms. The second-order valence-corrected chi connectivity index (χ2v) is 8.34. The van der Waals surface area contributed by atoms with Gasteiger partial charge in [0.05, 0.1) is 12.8 Å². The molecular weight excluding hydrogens is 523 g/mol. The van der Waals surface area contributed by atoms with Crippen molar-refractivity contribution in [3.05, 3.63) is 85.1 Å². The Morgan fingerprint density at radius 2 is 1.89 bits per heavy atom. The van der Waals surface area contributed by atoms with E-state index in [-0.39, 0.29) is 29.4 Å². The Labute approximate surface area is 209 Å². The summed E-state index contributed by atoms with van der Waals surface area (Å²) in [4.78, 5) is 41.1. The minimum atomic E-state index is -0.652. The Morgan fingerprint density at radius 3 is 2.57 bits per heavy atom. The SMILES string of the molecule is CNC(=O)c1ccc(C)c(-n2c(C)nc(OCc3ccc(F)cc3CNC(=O)OC)c(Br)c2=O)c1. The third-order valence-electron chi connectivity index (χ3n) is 5.25. The van der Waals surface area contributed by atoms with E-state index >= 15 is 0 Å². The van der Waals surface area contributed by atoms with Gasteiger partial charge in [0, 0.05) is 19.2 Å². The summed E-state index contributed by atoms with van der Waals surface area (Å²) in [7, 11) is 2.76. The van der Waals surface area contributed by atoms with Crippen molar-refractivity contribution < 1.29 is 23.5 Å². The van der Waals surface area contributed by atoms with E-state index in [2.05, 4.69) is 36.3 Å². The van der Waals surface area contributed by atoms with Gasteiger partial charge < -0.3 is 20.1 Å². The number of methoxy groups -OCH3 is 1. The molecule has 1 aromatic heterocycles. The third kappa shape index (κ3) is 5.86. The Kier molecular flexibility index (Phi) is 8.23. The number of benzene rings is 2. The molecule has 0 aliphatic heterocycles. The molecule has 0 bridgehead atoms. The zero-order valence-electron chi connectivity index (χ0n) is 19.6. The van der Waals surface area contributed by atoms with Gasteiger partial charge in [-0.1, -0.05) is 12.1 Å². The summed E-state index contributed by atoms with van der Waals surface area (Å²) in [5, 5.41) is 5.06. The Morgan fingerprint density at radius 1 is 1.14 bits per heavy atom. The lowest BCUT2D eigenvalue weighted by atomic mass is 10.1. The molecule has 2 amide bonds. The molecule has 184 valence electrons.